The maximum Gasteiger partial charge on any atom is 0.329 e. The van der Waals surface area contributed by atoms with Gasteiger partial charge in [-0.1, -0.05) is 44.2 Å². The summed E-state index contributed by atoms with van der Waals surface area (Å²) in [5.41, 5.74) is 0.263. The predicted octanol–water partition coefficient (Wildman–Crippen LogP) is 2.53. The van der Waals surface area contributed by atoms with Crippen molar-refractivity contribution < 1.29 is 31.6 Å². The molecule has 1 amide bonds. The normalized spacial score (nSPS) is 27.3. The summed E-state index contributed by atoms with van der Waals surface area (Å²) >= 11 is -2.04. The number of benzene rings is 1. The summed E-state index contributed by atoms with van der Waals surface area (Å²) in [4.78, 5) is 27.6. The van der Waals surface area contributed by atoms with Gasteiger partial charge in [-0.25, -0.2) is 4.79 Å². The molecule has 2 aliphatic rings. The molecule has 0 spiro atoms. The first-order chi connectivity index (χ1) is 14.5. The Morgan fingerprint density at radius 3 is 2.52 bits per heavy atom. The minimum absolute atomic E-state index is 0.115. The summed E-state index contributed by atoms with van der Waals surface area (Å²) in [6, 6.07) is 8.78. The fourth-order valence-corrected chi connectivity index (χ4v) is 4.48. The van der Waals surface area contributed by atoms with E-state index in [1.165, 1.54) is 4.90 Å². The van der Waals surface area contributed by atoms with Crippen molar-refractivity contribution in [1.29, 1.82) is 0 Å². The molecule has 0 saturated carbocycles. The smallest absolute Gasteiger partial charge is 0.329 e. The molecule has 1 unspecified atom stereocenters. The molecule has 0 radical (unpaired) electrons. The average Bonchev–Trinajstić information content (AvgIpc) is 3.07. The molecule has 9 heteroatoms. The number of nitrogens with zero attached hydrogens (tertiary/aromatic N) is 1. The minimum atomic E-state index is -2.04. The van der Waals surface area contributed by atoms with Gasteiger partial charge in [-0.3, -0.25) is 13.2 Å². The quantitative estimate of drug-likeness (QED) is 0.586. The van der Waals surface area contributed by atoms with Crippen molar-refractivity contribution >= 4 is 23.2 Å². The van der Waals surface area contributed by atoms with E-state index < -0.39 is 53.2 Å². The number of likely N-dealkylation sites (tertiary alicyclic amines) is 1. The highest BCUT2D eigenvalue weighted by Gasteiger charge is 2.54. The largest absolute Gasteiger partial charge is 0.458 e. The average molecular weight is 454 g/mol. The van der Waals surface area contributed by atoms with Crippen molar-refractivity contribution in [2.24, 2.45) is 5.92 Å². The molecule has 2 fully saturated rings. The summed E-state index contributed by atoms with van der Waals surface area (Å²) in [7, 11) is 0. The van der Waals surface area contributed by atoms with Crippen molar-refractivity contribution in [3.63, 3.8) is 0 Å². The van der Waals surface area contributed by atoms with E-state index in [1.54, 1.807) is 20.8 Å². The summed E-state index contributed by atoms with van der Waals surface area (Å²) < 4.78 is 34.2. The van der Waals surface area contributed by atoms with E-state index in [1.807, 2.05) is 44.2 Å². The number of carbonyl (C=O) groups excluding carboxylic acids is 2. The minimum Gasteiger partial charge on any atom is -0.458 e. The highest BCUT2D eigenvalue weighted by atomic mass is 32.2. The third-order valence-electron chi connectivity index (χ3n) is 5.00. The predicted molar refractivity (Wildman–Crippen MR) is 114 cm³/mol. The molecular weight excluding hydrogens is 422 g/mol. The van der Waals surface area contributed by atoms with Crippen molar-refractivity contribution in [2.45, 2.75) is 77.6 Å². The van der Waals surface area contributed by atoms with E-state index in [4.69, 9.17) is 17.8 Å². The van der Waals surface area contributed by atoms with Crippen molar-refractivity contribution in [3.8, 4) is 0 Å². The number of hydrogen-bond donors (Lipinski definition) is 0. The summed E-state index contributed by atoms with van der Waals surface area (Å²) in [6.07, 6.45) is -2.07. The monoisotopic (exact) mass is 453 g/mol. The second-order valence-corrected chi connectivity index (χ2v) is 10.1. The van der Waals surface area contributed by atoms with E-state index in [0.29, 0.717) is 6.42 Å². The van der Waals surface area contributed by atoms with Gasteiger partial charge < -0.3 is 14.4 Å². The molecule has 8 nitrogen and oxygen atoms in total. The molecular formula is C22H31NO7S. The highest BCUT2D eigenvalue weighted by Crippen LogP contribution is 2.32. The fraction of sp³-hybridized carbons (Fsp3) is 0.636. The van der Waals surface area contributed by atoms with Gasteiger partial charge in [0.2, 0.25) is 0 Å². The Morgan fingerprint density at radius 2 is 1.90 bits per heavy atom. The molecule has 5 atom stereocenters. The van der Waals surface area contributed by atoms with Crippen LogP contribution in [0.3, 0.4) is 0 Å². The van der Waals surface area contributed by atoms with Crippen LogP contribution in [0.5, 0.6) is 0 Å². The number of esters is 1. The van der Waals surface area contributed by atoms with E-state index in [2.05, 4.69) is 0 Å². The molecule has 0 bridgehead atoms. The van der Waals surface area contributed by atoms with Crippen LogP contribution in [0.25, 0.3) is 0 Å². The van der Waals surface area contributed by atoms with Gasteiger partial charge in [-0.15, -0.1) is 0 Å². The second kappa shape index (κ2) is 9.77. The van der Waals surface area contributed by atoms with Crippen LogP contribution in [-0.2, 0) is 45.4 Å². The Kier molecular flexibility index (Phi) is 7.51. The van der Waals surface area contributed by atoms with Crippen LogP contribution in [-0.4, -0.2) is 57.5 Å². The van der Waals surface area contributed by atoms with Gasteiger partial charge in [-0.05, 0) is 38.7 Å². The van der Waals surface area contributed by atoms with Crippen LogP contribution in [0.1, 0.15) is 46.6 Å². The molecule has 1 aromatic rings. The van der Waals surface area contributed by atoms with Crippen LogP contribution >= 0.6 is 0 Å². The lowest BCUT2D eigenvalue weighted by Crippen LogP contribution is -2.62. The van der Waals surface area contributed by atoms with Crippen molar-refractivity contribution in [3.05, 3.63) is 35.9 Å². The Bertz CT molecular complexity index is 808. The number of ether oxygens (including phenoxy) is 2. The lowest BCUT2D eigenvalue weighted by atomic mass is 9.95. The third-order valence-corrected chi connectivity index (χ3v) is 5.74. The number of amides is 1. The Balaban J connectivity index is 1.83. The third kappa shape index (κ3) is 6.12. The zero-order valence-electron chi connectivity index (χ0n) is 18.6. The molecule has 1 aromatic carbocycles. The Labute approximate surface area is 186 Å². The summed E-state index contributed by atoms with van der Waals surface area (Å²) in [5.74, 6) is -0.775. The van der Waals surface area contributed by atoms with Gasteiger partial charge in [0.05, 0.1) is 13.2 Å². The zero-order valence-corrected chi connectivity index (χ0v) is 19.4. The number of rotatable bonds is 7. The van der Waals surface area contributed by atoms with Gasteiger partial charge in [0, 0.05) is 0 Å². The molecule has 2 heterocycles. The maximum absolute atomic E-state index is 13.2. The van der Waals surface area contributed by atoms with Gasteiger partial charge in [0.1, 0.15) is 23.9 Å². The molecule has 0 aliphatic carbocycles. The topological polar surface area (TPSA) is 91.4 Å². The number of piperidine rings is 1. The first kappa shape index (κ1) is 23.8. The van der Waals surface area contributed by atoms with Gasteiger partial charge in [-0.2, -0.15) is 4.21 Å². The molecule has 31 heavy (non-hydrogen) atoms. The SMILES string of the molecule is CC(C)C[C@@H](C(=O)OC(C)(C)C)N1C[C@@H](OCc2ccccc2)[C@H]2OS(=O)O[C@H]2C1=O. The number of hydrogen-bond acceptors (Lipinski definition) is 7. The van der Waals surface area contributed by atoms with Gasteiger partial charge >= 0.3 is 17.3 Å². The number of carbonyl (C=O) groups is 2. The van der Waals surface area contributed by atoms with E-state index in [-0.39, 0.29) is 19.1 Å². The summed E-state index contributed by atoms with van der Waals surface area (Å²) in [5, 5.41) is 0. The van der Waals surface area contributed by atoms with Crippen LogP contribution in [0.15, 0.2) is 30.3 Å². The van der Waals surface area contributed by atoms with E-state index in [0.717, 1.165) is 5.56 Å². The van der Waals surface area contributed by atoms with E-state index in [9.17, 15) is 13.8 Å². The molecule has 2 aliphatic heterocycles. The lowest BCUT2D eigenvalue weighted by molar-refractivity contribution is -0.176. The highest BCUT2D eigenvalue weighted by molar-refractivity contribution is 7.75. The maximum atomic E-state index is 13.2. The zero-order chi connectivity index (χ0) is 22.8. The Morgan fingerprint density at radius 1 is 1.23 bits per heavy atom. The molecule has 0 N–H and O–H groups in total. The first-order valence-electron chi connectivity index (χ1n) is 10.5. The van der Waals surface area contributed by atoms with Crippen LogP contribution in [0.4, 0.5) is 0 Å². The van der Waals surface area contributed by atoms with Crippen LogP contribution in [0, 0.1) is 5.92 Å². The fourth-order valence-electron chi connectivity index (χ4n) is 3.67. The van der Waals surface area contributed by atoms with E-state index >= 15 is 0 Å². The van der Waals surface area contributed by atoms with Crippen LogP contribution < -0.4 is 0 Å². The van der Waals surface area contributed by atoms with Crippen LogP contribution in [0.2, 0.25) is 0 Å². The second-order valence-electron chi connectivity index (χ2n) is 9.29. The molecule has 172 valence electrons. The van der Waals surface area contributed by atoms with Gasteiger partial charge in [0.25, 0.3) is 5.91 Å². The number of fused-ring (bicyclic) bond motifs is 1. The first-order valence-corrected chi connectivity index (χ1v) is 11.5. The molecule has 0 aromatic heterocycles. The molecule has 2 saturated heterocycles. The van der Waals surface area contributed by atoms with Crippen molar-refractivity contribution in [1.82, 2.24) is 4.90 Å². The standard InChI is InChI=1S/C22H31NO7S/c1-14(2)11-16(21(25)28-22(3,4)5)23-12-17(27-13-15-9-7-6-8-10-15)18-19(20(23)24)30-31(26)29-18/h6-10,14,16-19H,11-13H2,1-5H3/t16-,17+,18+,19+,31?/m0/s1. The summed E-state index contributed by atoms with van der Waals surface area (Å²) in [6.45, 7) is 9.71. The lowest BCUT2D eigenvalue weighted by Gasteiger charge is -2.41. The Hall–Kier alpha value is -1.81. The molecule has 3 rings (SSSR count). The van der Waals surface area contributed by atoms with Crippen molar-refractivity contribution in [2.75, 3.05) is 6.54 Å². The van der Waals surface area contributed by atoms with Gasteiger partial charge in [0.15, 0.2) is 6.10 Å².